The van der Waals surface area contributed by atoms with E-state index in [4.69, 9.17) is 27.9 Å². The lowest BCUT2D eigenvalue weighted by Crippen LogP contribution is -2.31. The van der Waals surface area contributed by atoms with Crippen LogP contribution in [0.15, 0.2) is 46.2 Å². The molecule has 0 unspecified atom stereocenters. The van der Waals surface area contributed by atoms with Crippen molar-refractivity contribution in [1.29, 1.82) is 0 Å². The molecule has 0 heterocycles. The molecule has 1 amide bonds. The van der Waals surface area contributed by atoms with Gasteiger partial charge in [0, 0.05) is 28.5 Å². The third-order valence-corrected chi connectivity index (χ3v) is 6.52. The van der Waals surface area contributed by atoms with Gasteiger partial charge in [-0.2, -0.15) is 0 Å². The van der Waals surface area contributed by atoms with Crippen molar-refractivity contribution in [3.05, 3.63) is 46.4 Å². The lowest BCUT2D eigenvalue weighted by Gasteiger charge is -2.14. The van der Waals surface area contributed by atoms with Gasteiger partial charge in [0.15, 0.2) is 9.84 Å². The molecular weight excluding hydrogens is 443 g/mol. The molecule has 0 bridgehead atoms. The van der Waals surface area contributed by atoms with E-state index in [0.717, 1.165) is 11.2 Å². The minimum atomic E-state index is -3.62. The van der Waals surface area contributed by atoms with E-state index in [1.54, 1.807) is 17.8 Å². The maximum Gasteiger partial charge on any atom is 0.239 e. The zero-order valence-electron chi connectivity index (χ0n) is 15.3. The van der Waals surface area contributed by atoms with Gasteiger partial charge < -0.3 is 15.4 Å². The summed E-state index contributed by atoms with van der Waals surface area (Å²) in [5.41, 5.74) is 0.249. The molecule has 0 spiro atoms. The quantitative estimate of drug-likeness (QED) is 0.436. The van der Waals surface area contributed by atoms with Crippen LogP contribution in [0.1, 0.15) is 0 Å². The molecule has 6 nitrogen and oxygen atoms in total. The normalized spacial score (nSPS) is 11.1. The fourth-order valence-corrected chi connectivity index (χ4v) is 4.85. The highest BCUT2D eigenvalue weighted by Gasteiger charge is 2.21. The molecule has 28 heavy (non-hydrogen) atoms. The van der Waals surface area contributed by atoms with Gasteiger partial charge >= 0.3 is 0 Å². The number of methoxy groups -OCH3 is 1. The van der Waals surface area contributed by atoms with Crippen LogP contribution in [-0.4, -0.2) is 46.5 Å². The molecule has 0 aliphatic carbocycles. The molecule has 0 fully saturated rings. The van der Waals surface area contributed by atoms with Crippen molar-refractivity contribution in [3.63, 3.8) is 0 Å². The Morgan fingerprint density at radius 2 is 1.82 bits per heavy atom. The van der Waals surface area contributed by atoms with Gasteiger partial charge in [-0.05, 0) is 36.4 Å². The van der Waals surface area contributed by atoms with E-state index in [0.29, 0.717) is 17.3 Å². The fourth-order valence-electron chi connectivity index (χ4n) is 2.33. The number of sulfone groups is 1. The summed E-state index contributed by atoms with van der Waals surface area (Å²) < 4.78 is 29.2. The molecule has 2 N–H and O–H groups in total. The van der Waals surface area contributed by atoms with E-state index in [2.05, 4.69) is 10.6 Å². The van der Waals surface area contributed by atoms with Crippen LogP contribution in [0.5, 0.6) is 5.75 Å². The highest BCUT2D eigenvalue weighted by atomic mass is 35.5. The lowest BCUT2D eigenvalue weighted by atomic mass is 10.3. The van der Waals surface area contributed by atoms with Crippen LogP contribution in [0.4, 0.5) is 5.69 Å². The van der Waals surface area contributed by atoms with Crippen molar-refractivity contribution < 1.29 is 17.9 Å². The maximum absolute atomic E-state index is 12.1. The minimum Gasteiger partial charge on any atom is -0.495 e. The highest BCUT2D eigenvalue weighted by molar-refractivity contribution is 7.99. The van der Waals surface area contributed by atoms with Gasteiger partial charge in [0.2, 0.25) is 5.91 Å². The van der Waals surface area contributed by atoms with Gasteiger partial charge in [-0.1, -0.05) is 23.2 Å². The van der Waals surface area contributed by atoms with E-state index in [1.807, 2.05) is 24.3 Å². The Kier molecular flexibility index (Phi) is 8.30. The number of carbonyl (C=O) groups is 1. The fraction of sp³-hybridized carbons (Fsp3) is 0.278. The first-order valence-corrected chi connectivity index (χ1v) is 11.8. The standard InChI is InChI=1S/C18H20Cl2N2O4S2/c1-26-15-8-7-14(18(17(15)20)28(2,24)25)22-11-16(23)21-9-10-27-13-5-3-12(19)4-6-13/h3-8,22H,9-11H2,1-2H3,(H,21,23). The van der Waals surface area contributed by atoms with Gasteiger partial charge in [0.1, 0.15) is 15.7 Å². The van der Waals surface area contributed by atoms with Gasteiger partial charge in [0.25, 0.3) is 0 Å². The number of amides is 1. The number of halogens is 2. The third kappa shape index (κ3) is 6.48. The summed E-state index contributed by atoms with van der Waals surface area (Å²) in [5.74, 6) is 0.676. The predicted molar refractivity (Wildman–Crippen MR) is 115 cm³/mol. The number of thioether (sulfide) groups is 1. The van der Waals surface area contributed by atoms with E-state index in [1.165, 1.54) is 13.2 Å². The van der Waals surface area contributed by atoms with E-state index >= 15 is 0 Å². The summed E-state index contributed by atoms with van der Waals surface area (Å²) >= 11 is 13.6. The van der Waals surface area contributed by atoms with Crippen molar-refractivity contribution in [1.82, 2.24) is 5.32 Å². The monoisotopic (exact) mass is 462 g/mol. The van der Waals surface area contributed by atoms with Crippen molar-refractivity contribution in [2.45, 2.75) is 9.79 Å². The molecule has 0 saturated heterocycles. The maximum atomic E-state index is 12.1. The molecule has 0 aliphatic heterocycles. The Balaban J connectivity index is 1.88. The lowest BCUT2D eigenvalue weighted by molar-refractivity contribution is -0.119. The zero-order valence-corrected chi connectivity index (χ0v) is 18.4. The molecule has 2 aromatic rings. The molecule has 10 heteroatoms. The van der Waals surface area contributed by atoms with Crippen molar-refractivity contribution in [2.24, 2.45) is 0 Å². The summed E-state index contributed by atoms with van der Waals surface area (Å²) in [5, 5.41) is 6.26. The predicted octanol–water partition coefficient (Wildman–Crippen LogP) is 3.73. The average molecular weight is 463 g/mol. The summed E-state index contributed by atoms with van der Waals surface area (Å²) in [4.78, 5) is 13.0. The number of rotatable bonds is 9. The topological polar surface area (TPSA) is 84.5 Å². The Labute approximate surface area is 178 Å². The third-order valence-electron chi connectivity index (χ3n) is 3.60. The number of nitrogens with one attached hydrogen (secondary N) is 2. The van der Waals surface area contributed by atoms with Crippen LogP contribution in [0, 0.1) is 0 Å². The number of carbonyl (C=O) groups excluding carboxylic acids is 1. The van der Waals surface area contributed by atoms with Crippen LogP contribution in [-0.2, 0) is 14.6 Å². The number of hydrogen-bond acceptors (Lipinski definition) is 6. The number of hydrogen-bond donors (Lipinski definition) is 2. The first-order chi connectivity index (χ1) is 13.2. The van der Waals surface area contributed by atoms with Crippen LogP contribution in [0.25, 0.3) is 0 Å². The van der Waals surface area contributed by atoms with Crippen LogP contribution in [0.3, 0.4) is 0 Å². The van der Waals surface area contributed by atoms with Crippen molar-refractivity contribution >= 4 is 56.4 Å². The molecule has 0 atom stereocenters. The summed E-state index contributed by atoms with van der Waals surface area (Å²) in [6.45, 7) is 0.382. The van der Waals surface area contributed by atoms with Gasteiger partial charge in [0.05, 0.1) is 19.3 Å². The first kappa shape index (κ1) is 22.7. The van der Waals surface area contributed by atoms with E-state index in [-0.39, 0.29) is 33.8 Å². The summed E-state index contributed by atoms with van der Waals surface area (Å²) in [6.07, 6.45) is 1.05. The molecule has 0 aromatic heterocycles. The van der Waals surface area contributed by atoms with Gasteiger partial charge in [-0.15, -0.1) is 11.8 Å². The second-order valence-electron chi connectivity index (χ2n) is 5.74. The van der Waals surface area contributed by atoms with Crippen molar-refractivity contribution in [2.75, 3.05) is 37.5 Å². The summed E-state index contributed by atoms with van der Waals surface area (Å²) in [7, 11) is -2.22. The number of benzene rings is 2. The Morgan fingerprint density at radius 1 is 1.14 bits per heavy atom. The van der Waals surface area contributed by atoms with Crippen LogP contribution < -0.4 is 15.4 Å². The smallest absolute Gasteiger partial charge is 0.239 e. The van der Waals surface area contributed by atoms with E-state index in [9.17, 15) is 13.2 Å². The first-order valence-electron chi connectivity index (χ1n) is 8.18. The Hall–Kier alpha value is -1.61. The number of ether oxygens (including phenoxy) is 1. The van der Waals surface area contributed by atoms with E-state index < -0.39 is 9.84 Å². The van der Waals surface area contributed by atoms with Gasteiger partial charge in [-0.25, -0.2) is 8.42 Å². The molecule has 2 aromatic carbocycles. The van der Waals surface area contributed by atoms with Gasteiger partial charge in [-0.3, -0.25) is 4.79 Å². The number of anilines is 1. The molecule has 152 valence electrons. The molecule has 2 rings (SSSR count). The minimum absolute atomic E-state index is 0.0187. The zero-order chi connectivity index (χ0) is 20.7. The van der Waals surface area contributed by atoms with Crippen LogP contribution in [0.2, 0.25) is 10.0 Å². The van der Waals surface area contributed by atoms with Crippen LogP contribution >= 0.6 is 35.0 Å². The molecule has 0 saturated carbocycles. The van der Waals surface area contributed by atoms with Crippen molar-refractivity contribution in [3.8, 4) is 5.75 Å². The Bertz CT molecular complexity index is 935. The molecule has 0 radical (unpaired) electrons. The largest absolute Gasteiger partial charge is 0.495 e. The second kappa shape index (κ2) is 10.2. The Morgan fingerprint density at radius 3 is 2.43 bits per heavy atom. The SMILES string of the molecule is COc1ccc(NCC(=O)NCCSc2ccc(Cl)cc2)c(S(C)(=O)=O)c1Cl. The molecule has 0 aliphatic rings. The summed E-state index contributed by atoms with van der Waals surface area (Å²) in [6, 6.07) is 10.5. The second-order valence-corrected chi connectivity index (χ2v) is 9.67. The highest BCUT2D eigenvalue weighted by Crippen LogP contribution is 2.36. The average Bonchev–Trinajstić information content (AvgIpc) is 2.64. The molecular formula is C18H20Cl2N2O4S2.